The third-order valence-corrected chi connectivity index (χ3v) is 2.22. The SMILES string of the molecule is Nc1cc(OCc2ccc(Cl)cc2)ncn1. The third kappa shape index (κ3) is 2.84. The van der Waals surface area contributed by atoms with Gasteiger partial charge in [0, 0.05) is 11.1 Å². The first-order chi connectivity index (χ1) is 7.74. The van der Waals surface area contributed by atoms with Crippen molar-refractivity contribution < 1.29 is 4.74 Å². The largest absolute Gasteiger partial charge is 0.473 e. The molecule has 82 valence electrons. The molecule has 1 heterocycles. The zero-order valence-corrected chi connectivity index (χ0v) is 9.19. The van der Waals surface area contributed by atoms with Crippen molar-refractivity contribution in [3.8, 4) is 5.88 Å². The second-order valence-electron chi connectivity index (χ2n) is 3.20. The Bertz CT molecular complexity index is 473. The van der Waals surface area contributed by atoms with Crippen molar-refractivity contribution in [3.05, 3.63) is 47.2 Å². The minimum Gasteiger partial charge on any atom is -0.473 e. The number of ether oxygens (including phenoxy) is 1. The zero-order chi connectivity index (χ0) is 11.4. The maximum Gasteiger partial charge on any atom is 0.218 e. The predicted molar refractivity (Wildman–Crippen MR) is 62.2 cm³/mol. The number of hydrogen-bond donors (Lipinski definition) is 1. The summed E-state index contributed by atoms with van der Waals surface area (Å²) in [6.45, 7) is 0.424. The van der Waals surface area contributed by atoms with Crippen molar-refractivity contribution in [2.75, 3.05) is 5.73 Å². The van der Waals surface area contributed by atoms with Gasteiger partial charge < -0.3 is 10.5 Å². The van der Waals surface area contributed by atoms with Gasteiger partial charge in [0.2, 0.25) is 5.88 Å². The van der Waals surface area contributed by atoms with E-state index in [4.69, 9.17) is 22.1 Å². The molecule has 0 amide bonds. The van der Waals surface area contributed by atoms with Crippen LogP contribution in [0.3, 0.4) is 0 Å². The molecule has 5 heteroatoms. The van der Waals surface area contributed by atoms with Crippen LogP contribution in [0, 0.1) is 0 Å². The highest BCUT2D eigenvalue weighted by Gasteiger charge is 1.98. The molecule has 0 aliphatic heterocycles. The third-order valence-electron chi connectivity index (χ3n) is 1.96. The molecule has 16 heavy (non-hydrogen) atoms. The van der Waals surface area contributed by atoms with Gasteiger partial charge in [0.05, 0.1) is 0 Å². The average molecular weight is 236 g/mol. The number of anilines is 1. The Morgan fingerprint density at radius 1 is 1.19 bits per heavy atom. The molecule has 0 fully saturated rings. The van der Waals surface area contributed by atoms with Crippen LogP contribution < -0.4 is 10.5 Å². The molecule has 0 radical (unpaired) electrons. The number of benzene rings is 1. The van der Waals surface area contributed by atoms with Crippen LogP contribution in [0.2, 0.25) is 5.02 Å². The predicted octanol–water partition coefficient (Wildman–Crippen LogP) is 2.29. The van der Waals surface area contributed by atoms with Gasteiger partial charge in [-0.2, -0.15) is 0 Å². The molecule has 0 aliphatic carbocycles. The van der Waals surface area contributed by atoms with Gasteiger partial charge in [-0.15, -0.1) is 0 Å². The van der Waals surface area contributed by atoms with E-state index >= 15 is 0 Å². The van der Waals surface area contributed by atoms with Crippen molar-refractivity contribution in [2.45, 2.75) is 6.61 Å². The number of hydrogen-bond acceptors (Lipinski definition) is 4. The Morgan fingerprint density at radius 2 is 1.94 bits per heavy atom. The van der Waals surface area contributed by atoms with E-state index in [0.717, 1.165) is 5.56 Å². The maximum absolute atomic E-state index is 5.77. The Labute approximate surface area is 98.0 Å². The lowest BCUT2D eigenvalue weighted by molar-refractivity contribution is 0.293. The lowest BCUT2D eigenvalue weighted by Crippen LogP contribution is -1.99. The topological polar surface area (TPSA) is 61.0 Å². The summed E-state index contributed by atoms with van der Waals surface area (Å²) >= 11 is 5.77. The first-order valence-corrected chi connectivity index (χ1v) is 5.06. The number of halogens is 1. The van der Waals surface area contributed by atoms with E-state index in [1.165, 1.54) is 6.33 Å². The van der Waals surface area contributed by atoms with Crippen LogP contribution >= 0.6 is 11.6 Å². The van der Waals surface area contributed by atoms with Crippen LogP contribution in [-0.2, 0) is 6.61 Å². The average Bonchev–Trinajstić information content (AvgIpc) is 2.28. The molecule has 0 unspecified atom stereocenters. The van der Waals surface area contributed by atoms with Gasteiger partial charge in [-0.25, -0.2) is 9.97 Å². The standard InChI is InChI=1S/C11H10ClN3O/c12-9-3-1-8(2-4-9)6-16-11-5-10(13)14-7-15-11/h1-5,7H,6H2,(H2,13,14,15). The highest BCUT2D eigenvalue weighted by atomic mass is 35.5. The Morgan fingerprint density at radius 3 is 2.62 bits per heavy atom. The highest BCUT2D eigenvalue weighted by molar-refractivity contribution is 6.30. The lowest BCUT2D eigenvalue weighted by atomic mass is 10.2. The monoisotopic (exact) mass is 235 g/mol. The fourth-order valence-electron chi connectivity index (χ4n) is 1.17. The van der Waals surface area contributed by atoms with Crippen molar-refractivity contribution in [2.24, 2.45) is 0 Å². The fraction of sp³-hybridized carbons (Fsp3) is 0.0909. The van der Waals surface area contributed by atoms with Crippen LogP contribution in [0.25, 0.3) is 0 Å². The minimum absolute atomic E-state index is 0.390. The second-order valence-corrected chi connectivity index (χ2v) is 3.63. The van der Waals surface area contributed by atoms with Gasteiger partial charge in [-0.3, -0.25) is 0 Å². The van der Waals surface area contributed by atoms with E-state index in [0.29, 0.717) is 23.3 Å². The smallest absolute Gasteiger partial charge is 0.218 e. The second kappa shape index (κ2) is 4.81. The molecule has 0 atom stereocenters. The molecule has 0 bridgehead atoms. The Balaban J connectivity index is 1.99. The first kappa shape index (κ1) is 10.7. The molecular formula is C11H10ClN3O. The van der Waals surface area contributed by atoms with Gasteiger partial charge >= 0.3 is 0 Å². The van der Waals surface area contributed by atoms with Gasteiger partial charge in [-0.1, -0.05) is 23.7 Å². The molecule has 4 nitrogen and oxygen atoms in total. The van der Waals surface area contributed by atoms with Crippen LogP contribution in [0.4, 0.5) is 5.82 Å². The quantitative estimate of drug-likeness (QED) is 0.887. The fourth-order valence-corrected chi connectivity index (χ4v) is 1.30. The number of aromatic nitrogens is 2. The van der Waals surface area contributed by atoms with Crippen LogP contribution in [0.1, 0.15) is 5.56 Å². The number of rotatable bonds is 3. The summed E-state index contributed by atoms with van der Waals surface area (Å²) in [6, 6.07) is 9.00. The van der Waals surface area contributed by atoms with E-state index in [9.17, 15) is 0 Å². The molecule has 2 rings (SSSR count). The molecule has 2 N–H and O–H groups in total. The van der Waals surface area contributed by atoms with E-state index in [1.807, 2.05) is 24.3 Å². The summed E-state index contributed by atoms with van der Waals surface area (Å²) in [5, 5.41) is 0.704. The molecule has 0 saturated heterocycles. The highest BCUT2D eigenvalue weighted by Crippen LogP contribution is 2.13. The summed E-state index contributed by atoms with van der Waals surface area (Å²) in [7, 11) is 0. The van der Waals surface area contributed by atoms with E-state index in [1.54, 1.807) is 6.07 Å². The summed E-state index contributed by atoms with van der Waals surface area (Å²) < 4.78 is 5.44. The first-order valence-electron chi connectivity index (χ1n) is 4.69. The van der Waals surface area contributed by atoms with Crippen molar-refractivity contribution in [1.29, 1.82) is 0 Å². The van der Waals surface area contributed by atoms with E-state index in [2.05, 4.69) is 9.97 Å². The minimum atomic E-state index is 0.390. The van der Waals surface area contributed by atoms with Gasteiger partial charge in [0.1, 0.15) is 18.8 Å². The summed E-state index contributed by atoms with van der Waals surface area (Å²) in [6.07, 6.45) is 1.37. The number of nitrogens with two attached hydrogens (primary N) is 1. The van der Waals surface area contributed by atoms with Crippen LogP contribution in [0.5, 0.6) is 5.88 Å². The molecule has 1 aromatic heterocycles. The van der Waals surface area contributed by atoms with Gasteiger partial charge in [0.25, 0.3) is 0 Å². The van der Waals surface area contributed by atoms with E-state index < -0.39 is 0 Å². The summed E-state index contributed by atoms with van der Waals surface area (Å²) in [4.78, 5) is 7.71. The maximum atomic E-state index is 5.77. The lowest BCUT2D eigenvalue weighted by Gasteiger charge is -2.05. The zero-order valence-electron chi connectivity index (χ0n) is 8.43. The van der Waals surface area contributed by atoms with Gasteiger partial charge in [-0.05, 0) is 17.7 Å². The molecule has 0 spiro atoms. The normalized spacial score (nSPS) is 10.1. The van der Waals surface area contributed by atoms with Crippen LogP contribution in [0.15, 0.2) is 36.7 Å². The summed E-state index contributed by atoms with van der Waals surface area (Å²) in [5.41, 5.74) is 6.51. The molecule has 2 aromatic rings. The van der Waals surface area contributed by atoms with Crippen molar-refractivity contribution >= 4 is 17.4 Å². The van der Waals surface area contributed by atoms with Crippen molar-refractivity contribution in [1.82, 2.24) is 9.97 Å². The Kier molecular flexibility index (Phi) is 3.22. The molecular weight excluding hydrogens is 226 g/mol. The van der Waals surface area contributed by atoms with Crippen LogP contribution in [-0.4, -0.2) is 9.97 Å². The Hall–Kier alpha value is -1.81. The van der Waals surface area contributed by atoms with Gasteiger partial charge in [0.15, 0.2) is 0 Å². The van der Waals surface area contributed by atoms with Crippen molar-refractivity contribution in [3.63, 3.8) is 0 Å². The summed E-state index contributed by atoms with van der Waals surface area (Å²) in [5.74, 6) is 0.851. The molecule has 0 aliphatic rings. The van der Waals surface area contributed by atoms with E-state index in [-0.39, 0.29) is 0 Å². The molecule has 0 saturated carbocycles. The number of nitrogens with zero attached hydrogens (tertiary/aromatic N) is 2. The number of nitrogen functional groups attached to an aromatic ring is 1. The molecule has 1 aromatic carbocycles.